The predicted molar refractivity (Wildman–Crippen MR) is 72.8 cm³/mol. The van der Waals surface area contributed by atoms with Crippen LogP contribution in [0.25, 0.3) is 0 Å². The fourth-order valence-corrected chi connectivity index (χ4v) is 1.90. The number of halogens is 3. The lowest BCUT2D eigenvalue weighted by molar-refractivity contribution is 0.198. The largest absolute Gasteiger partial charge is 0.486 e. The second-order valence-electron chi connectivity index (χ2n) is 4.39. The monoisotopic (exact) mass is 298 g/mol. The first-order chi connectivity index (χ1) is 9.47. The van der Waals surface area contributed by atoms with Gasteiger partial charge in [-0.05, 0) is 42.8 Å². The Bertz CT molecular complexity index is 615. The Labute approximate surface area is 120 Å². The number of rotatable bonds is 4. The Morgan fingerprint density at radius 3 is 2.55 bits per heavy atom. The summed E-state index contributed by atoms with van der Waals surface area (Å²) in [6.07, 6.45) is -0.760. The molecule has 0 spiro atoms. The molecular weight excluding hydrogens is 286 g/mol. The summed E-state index contributed by atoms with van der Waals surface area (Å²) in [6, 6.07) is 8.23. The number of aliphatic hydroxyl groups excluding tert-OH is 1. The summed E-state index contributed by atoms with van der Waals surface area (Å²) in [7, 11) is 0. The van der Waals surface area contributed by atoms with E-state index >= 15 is 0 Å². The van der Waals surface area contributed by atoms with Crippen molar-refractivity contribution in [3.8, 4) is 5.75 Å². The molecule has 0 aliphatic heterocycles. The van der Waals surface area contributed by atoms with Crippen molar-refractivity contribution in [1.29, 1.82) is 0 Å². The first-order valence-electron chi connectivity index (χ1n) is 6.01. The van der Waals surface area contributed by atoms with Gasteiger partial charge in [0.05, 0.1) is 6.10 Å². The van der Waals surface area contributed by atoms with Gasteiger partial charge >= 0.3 is 0 Å². The van der Waals surface area contributed by atoms with Gasteiger partial charge in [0.2, 0.25) is 0 Å². The Morgan fingerprint density at radius 1 is 1.15 bits per heavy atom. The second-order valence-corrected chi connectivity index (χ2v) is 4.83. The van der Waals surface area contributed by atoms with Crippen molar-refractivity contribution in [1.82, 2.24) is 0 Å². The molecule has 0 fully saturated rings. The molecule has 0 aliphatic rings. The number of hydrogen-bond acceptors (Lipinski definition) is 2. The molecule has 1 N–H and O–H groups in total. The maximum atomic E-state index is 13.7. The van der Waals surface area contributed by atoms with Crippen LogP contribution in [0.3, 0.4) is 0 Å². The first-order valence-corrected chi connectivity index (χ1v) is 6.39. The summed E-state index contributed by atoms with van der Waals surface area (Å²) in [5.74, 6) is -1.07. The normalized spacial score (nSPS) is 12.2. The molecule has 0 bridgehead atoms. The van der Waals surface area contributed by atoms with Gasteiger partial charge in [0.15, 0.2) is 11.6 Å². The van der Waals surface area contributed by atoms with E-state index in [0.29, 0.717) is 10.6 Å². The molecule has 0 heterocycles. The smallest absolute Gasteiger partial charge is 0.165 e. The van der Waals surface area contributed by atoms with Crippen molar-refractivity contribution in [2.45, 2.75) is 19.6 Å². The lowest BCUT2D eigenvalue weighted by Crippen LogP contribution is -2.01. The van der Waals surface area contributed by atoms with E-state index in [9.17, 15) is 13.9 Å². The van der Waals surface area contributed by atoms with E-state index in [1.807, 2.05) is 0 Å². The van der Waals surface area contributed by atoms with Crippen LogP contribution in [0.2, 0.25) is 5.02 Å². The average Bonchev–Trinajstić information content (AvgIpc) is 2.40. The number of aliphatic hydroxyl groups is 1. The van der Waals surface area contributed by atoms with Crippen LogP contribution in [0.15, 0.2) is 36.4 Å². The van der Waals surface area contributed by atoms with Crippen LogP contribution in [-0.2, 0) is 6.61 Å². The van der Waals surface area contributed by atoms with Crippen molar-refractivity contribution in [3.63, 3.8) is 0 Å². The Morgan fingerprint density at radius 2 is 1.90 bits per heavy atom. The summed E-state index contributed by atoms with van der Waals surface area (Å²) >= 11 is 5.76. The number of benzene rings is 2. The van der Waals surface area contributed by atoms with Crippen LogP contribution in [0, 0.1) is 11.6 Å². The molecule has 2 nitrogen and oxygen atoms in total. The molecule has 2 aromatic rings. The highest BCUT2D eigenvalue weighted by molar-refractivity contribution is 6.30. The highest BCUT2D eigenvalue weighted by Gasteiger charge is 2.10. The molecule has 0 saturated heterocycles. The van der Waals surface area contributed by atoms with Crippen molar-refractivity contribution < 1.29 is 18.6 Å². The topological polar surface area (TPSA) is 29.5 Å². The van der Waals surface area contributed by atoms with E-state index in [1.54, 1.807) is 6.07 Å². The molecule has 0 amide bonds. The third-order valence-electron chi connectivity index (χ3n) is 2.83. The van der Waals surface area contributed by atoms with Crippen molar-refractivity contribution in [3.05, 3.63) is 64.2 Å². The van der Waals surface area contributed by atoms with Crippen molar-refractivity contribution in [2.24, 2.45) is 0 Å². The zero-order valence-corrected chi connectivity index (χ0v) is 11.5. The zero-order chi connectivity index (χ0) is 14.7. The van der Waals surface area contributed by atoms with Crippen LogP contribution < -0.4 is 4.74 Å². The number of hydrogen-bond donors (Lipinski definition) is 1. The summed E-state index contributed by atoms with van der Waals surface area (Å²) in [4.78, 5) is 0. The molecule has 0 aliphatic carbocycles. The first kappa shape index (κ1) is 14.8. The van der Waals surface area contributed by atoms with Crippen LogP contribution >= 0.6 is 11.6 Å². The van der Waals surface area contributed by atoms with Crippen molar-refractivity contribution >= 4 is 11.6 Å². The highest BCUT2D eigenvalue weighted by Crippen LogP contribution is 2.24. The zero-order valence-electron chi connectivity index (χ0n) is 10.7. The summed E-state index contributed by atoms with van der Waals surface area (Å²) in [5, 5.41) is 9.73. The molecule has 1 atom stereocenters. The van der Waals surface area contributed by atoms with Gasteiger partial charge in [-0.2, -0.15) is 0 Å². The van der Waals surface area contributed by atoms with E-state index in [1.165, 1.54) is 37.3 Å². The molecule has 2 rings (SSSR count). The minimum atomic E-state index is -0.760. The molecule has 20 heavy (non-hydrogen) atoms. The van der Waals surface area contributed by atoms with Crippen molar-refractivity contribution in [2.75, 3.05) is 0 Å². The van der Waals surface area contributed by atoms with E-state index in [2.05, 4.69) is 0 Å². The summed E-state index contributed by atoms with van der Waals surface area (Å²) in [5.41, 5.74) is 0.695. The van der Waals surface area contributed by atoms with Crippen LogP contribution in [0.4, 0.5) is 8.78 Å². The van der Waals surface area contributed by atoms with Gasteiger partial charge in [0.1, 0.15) is 12.4 Å². The Balaban J connectivity index is 2.13. The van der Waals surface area contributed by atoms with Crippen LogP contribution in [0.5, 0.6) is 5.75 Å². The maximum Gasteiger partial charge on any atom is 0.165 e. The molecule has 106 valence electrons. The van der Waals surface area contributed by atoms with Crippen LogP contribution in [-0.4, -0.2) is 5.11 Å². The SMILES string of the molecule is CC(O)c1ccc(OCc2cc(Cl)ccc2F)c(F)c1. The fraction of sp³-hybridized carbons (Fsp3) is 0.200. The van der Waals surface area contributed by atoms with Gasteiger partial charge in [-0.25, -0.2) is 8.78 Å². The van der Waals surface area contributed by atoms with E-state index in [-0.39, 0.29) is 17.9 Å². The molecular formula is C15H13ClF2O2. The van der Waals surface area contributed by atoms with E-state index < -0.39 is 17.7 Å². The summed E-state index contributed by atoms with van der Waals surface area (Å²) in [6.45, 7) is 1.41. The number of ether oxygens (including phenoxy) is 1. The second kappa shape index (κ2) is 6.20. The van der Waals surface area contributed by atoms with Gasteiger partial charge in [-0.1, -0.05) is 17.7 Å². The predicted octanol–water partition coefficient (Wildman–Crippen LogP) is 4.25. The Kier molecular flexibility index (Phi) is 4.57. The average molecular weight is 299 g/mol. The minimum absolute atomic E-state index is 0.00576. The lowest BCUT2D eigenvalue weighted by atomic mass is 10.1. The molecule has 5 heteroatoms. The van der Waals surface area contributed by atoms with Gasteiger partial charge in [-0.15, -0.1) is 0 Å². The Hall–Kier alpha value is -1.65. The molecule has 0 radical (unpaired) electrons. The molecule has 2 aromatic carbocycles. The highest BCUT2D eigenvalue weighted by atomic mass is 35.5. The van der Waals surface area contributed by atoms with Crippen LogP contribution in [0.1, 0.15) is 24.2 Å². The van der Waals surface area contributed by atoms with E-state index in [0.717, 1.165) is 0 Å². The lowest BCUT2D eigenvalue weighted by Gasteiger charge is -2.10. The molecule has 1 unspecified atom stereocenters. The van der Waals surface area contributed by atoms with E-state index in [4.69, 9.17) is 16.3 Å². The maximum absolute atomic E-state index is 13.7. The quantitative estimate of drug-likeness (QED) is 0.914. The third kappa shape index (κ3) is 3.46. The van der Waals surface area contributed by atoms with Gasteiger partial charge in [-0.3, -0.25) is 0 Å². The standard InChI is InChI=1S/C15H13ClF2O2/c1-9(19)10-2-5-15(14(18)7-10)20-8-11-6-12(16)3-4-13(11)17/h2-7,9,19H,8H2,1H3. The fourth-order valence-electron chi connectivity index (χ4n) is 1.70. The molecule has 0 saturated carbocycles. The third-order valence-corrected chi connectivity index (χ3v) is 3.06. The minimum Gasteiger partial charge on any atom is -0.486 e. The van der Waals surface area contributed by atoms with Gasteiger partial charge < -0.3 is 9.84 Å². The van der Waals surface area contributed by atoms with Gasteiger partial charge in [0, 0.05) is 10.6 Å². The molecule has 0 aromatic heterocycles. The summed E-state index contributed by atoms with van der Waals surface area (Å²) < 4.78 is 32.5. The van der Waals surface area contributed by atoms with Gasteiger partial charge in [0.25, 0.3) is 0 Å².